The third-order valence-corrected chi connectivity index (χ3v) is 13.3. The van der Waals surface area contributed by atoms with Gasteiger partial charge in [0, 0.05) is 30.9 Å². The van der Waals surface area contributed by atoms with Gasteiger partial charge >= 0.3 is 0 Å². The lowest BCUT2D eigenvalue weighted by Gasteiger charge is -2.31. The smallest absolute Gasteiger partial charge is 0.246 e. The average Bonchev–Trinajstić information content (AvgIpc) is 3.29. The summed E-state index contributed by atoms with van der Waals surface area (Å²) in [6.45, 7) is 5.61. The second-order valence-electron chi connectivity index (χ2n) is 18.5. The first-order chi connectivity index (χ1) is 33.6. The summed E-state index contributed by atoms with van der Waals surface area (Å²) in [5.74, 6) is -11.8. The molecule has 28 heteroatoms. The van der Waals surface area contributed by atoms with Gasteiger partial charge in [-0.2, -0.15) is 0 Å². The molecule has 1 saturated heterocycles. The van der Waals surface area contributed by atoms with E-state index in [1.165, 1.54) is 24.3 Å². The van der Waals surface area contributed by atoms with Crippen LogP contribution in [0, 0.1) is 11.3 Å². The third kappa shape index (κ3) is 22.5. The van der Waals surface area contributed by atoms with E-state index in [4.69, 9.17) is 22.9 Å². The fourth-order valence-corrected chi connectivity index (χ4v) is 9.15. The van der Waals surface area contributed by atoms with Crippen molar-refractivity contribution in [1.29, 1.82) is 0 Å². The van der Waals surface area contributed by atoms with Crippen LogP contribution < -0.4 is 60.2 Å². The molecule has 1 aromatic carbocycles. The largest absolute Gasteiger partial charge is 0.508 e. The van der Waals surface area contributed by atoms with Gasteiger partial charge in [-0.15, -0.1) is 0 Å². The number of nitrogens with two attached hydrogens (primary N) is 4. The fourth-order valence-electron chi connectivity index (χ4n) is 6.87. The zero-order chi connectivity index (χ0) is 54.5. The Bertz CT molecular complexity index is 2100. The molecule has 0 saturated carbocycles. The first-order valence-electron chi connectivity index (χ1n) is 22.9. The predicted molar refractivity (Wildman–Crippen MR) is 264 cm³/mol. The van der Waals surface area contributed by atoms with E-state index in [9.17, 15) is 68.1 Å². The van der Waals surface area contributed by atoms with Crippen molar-refractivity contribution in [2.75, 3.05) is 37.7 Å². The molecule has 1 aliphatic rings. The Labute approximate surface area is 424 Å². The van der Waals surface area contributed by atoms with E-state index < -0.39 is 176 Å². The van der Waals surface area contributed by atoms with Crippen molar-refractivity contribution in [1.82, 2.24) is 42.1 Å². The molecular formula is C44H70N12O14S2. The molecule has 1 aliphatic heterocycles. The van der Waals surface area contributed by atoms with Crippen LogP contribution in [0.2, 0.25) is 0 Å². The highest BCUT2D eigenvalue weighted by molar-refractivity contribution is 8.76. The van der Waals surface area contributed by atoms with Gasteiger partial charge in [0.2, 0.25) is 65.0 Å². The number of primary amides is 3. The summed E-state index contributed by atoms with van der Waals surface area (Å²) >= 11 is 0. The molecule has 11 amide bonds. The number of hydrogen-bond acceptors (Lipinski definition) is 17. The molecule has 9 atom stereocenters. The van der Waals surface area contributed by atoms with Crippen LogP contribution in [-0.4, -0.2) is 171 Å². The summed E-state index contributed by atoms with van der Waals surface area (Å²) < 4.78 is 0. The van der Waals surface area contributed by atoms with E-state index in [1.54, 1.807) is 34.6 Å². The first-order valence-corrected chi connectivity index (χ1v) is 25.4. The molecule has 72 heavy (non-hydrogen) atoms. The number of carbonyl (C=O) groups excluding carboxylic acids is 11. The summed E-state index contributed by atoms with van der Waals surface area (Å²) in [6, 6.07) is -4.76. The Hall–Kier alpha value is -6.23. The topological polar surface area (TPSA) is 440 Å². The second kappa shape index (κ2) is 30.0. The maximum atomic E-state index is 14.5. The number of rotatable bonds is 20. The minimum absolute atomic E-state index is 0.0357. The molecule has 0 unspecified atom stereocenters. The summed E-state index contributed by atoms with van der Waals surface area (Å²) in [6.07, 6.45) is -3.25. The molecular weight excluding hydrogens is 985 g/mol. The van der Waals surface area contributed by atoms with Crippen LogP contribution in [0.3, 0.4) is 0 Å². The molecule has 1 fully saturated rings. The Kier molecular flexibility index (Phi) is 25.7. The minimum atomic E-state index is -1.86. The quantitative estimate of drug-likeness (QED) is 0.0544. The number of aliphatic hydroxyl groups is 2. The number of nitrogens with zero attached hydrogens (tertiary/aromatic N) is 1. The average molecular weight is 1060 g/mol. The van der Waals surface area contributed by atoms with Gasteiger partial charge in [-0.1, -0.05) is 74.8 Å². The summed E-state index contributed by atoms with van der Waals surface area (Å²) in [7, 11) is 1.83. The fraction of sp³-hybridized carbons (Fsp3) is 0.614. The Morgan fingerprint density at radius 3 is 1.96 bits per heavy atom. The monoisotopic (exact) mass is 1050 g/mol. The lowest BCUT2D eigenvalue weighted by atomic mass is 9.87. The molecule has 2 rings (SSSR count). The minimum Gasteiger partial charge on any atom is -0.508 e. The molecule has 18 N–H and O–H groups in total. The van der Waals surface area contributed by atoms with Crippen molar-refractivity contribution in [2.45, 2.75) is 122 Å². The van der Waals surface area contributed by atoms with E-state index in [1.807, 2.05) is 0 Å². The van der Waals surface area contributed by atoms with Gasteiger partial charge in [0.05, 0.1) is 38.3 Å². The molecule has 26 nitrogen and oxygen atoms in total. The first kappa shape index (κ1) is 61.9. The van der Waals surface area contributed by atoms with Crippen LogP contribution >= 0.6 is 21.6 Å². The summed E-state index contributed by atoms with van der Waals surface area (Å²) in [5.41, 5.74) is 22.3. The lowest BCUT2D eigenvalue weighted by molar-refractivity contribution is -0.141. The molecule has 1 aromatic rings. The number of benzene rings is 1. The van der Waals surface area contributed by atoms with E-state index in [0.29, 0.717) is 12.0 Å². The third-order valence-electron chi connectivity index (χ3n) is 10.9. The van der Waals surface area contributed by atoms with Crippen molar-refractivity contribution < 1.29 is 68.1 Å². The van der Waals surface area contributed by atoms with Gasteiger partial charge in [-0.05, 0) is 41.9 Å². The Balaban J connectivity index is 2.71. The number of aromatic hydroxyl groups is 1. The maximum absolute atomic E-state index is 14.5. The van der Waals surface area contributed by atoms with Crippen molar-refractivity contribution in [3.05, 3.63) is 29.8 Å². The summed E-state index contributed by atoms with van der Waals surface area (Å²) in [4.78, 5) is 148. The highest BCUT2D eigenvalue weighted by atomic mass is 33.1. The number of amides is 11. The second-order valence-corrected chi connectivity index (χ2v) is 21.0. The number of phenolic OH excluding ortho intramolecular Hbond substituents is 1. The van der Waals surface area contributed by atoms with Crippen LogP contribution in [0.25, 0.3) is 0 Å². The standard InChI is InChI=1S/C44H70N12O14S2/c1-6-22(2)36-42(69)51-27(11-12-32(46)60)39(66)53-29(14-33(47)61)40(67)54-31(21-72-71-20-26(45)37(64)52-28(41(68)55-36)13-23-7-9-24(58)10-8-23)43(70)56(17-25(59)19-57)18-35(63)50-30(15-44(3,4)5)38(65)49-16-34(48)62/h7-10,22,25-31,36,57-59H,6,11-21,45H2,1-5H3,(H2,46,60)(H2,47,61)(H2,48,62)(H,49,65)(H,50,63)(H,51,69)(H,52,64)(H,53,66)(H,54,67)(H,55,68)/t22-,25+,26-,27-,28-,29-,30-,31-,36-/m0/s1. The zero-order valence-electron chi connectivity index (χ0n) is 40.9. The molecule has 0 bridgehead atoms. The van der Waals surface area contributed by atoms with Crippen LogP contribution in [0.5, 0.6) is 5.75 Å². The normalized spacial score (nSPS) is 22.2. The predicted octanol–water partition coefficient (Wildman–Crippen LogP) is -5.03. The molecule has 0 aromatic heterocycles. The number of hydrogen-bond donors (Lipinski definition) is 14. The highest BCUT2D eigenvalue weighted by Crippen LogP contribution is 2.24. The number of aliphatic hydroxyl groups excluding tert-OH is 2. The van der Waals surface area contributed by atoms with Crippen molar-refractivity contribution in [3.63, 3.8) is 0 Å². The van der Waals surface area contributed by atoms with Gasteiger partial charge in [0.25, 0.3) is 0 Å². The SMILES string of the molecule is CC[C@H](C)[C@@H]1NC(=O)[C@H](Cc2ccc(O)cc2)NC(=O)[C@@H](N)CSSC[C@@H](C(=O)N(CC(=O)N[C@@H](CC(C)(C)C)C(=O)NCC(N)=O)C[C@@H](O)CO)NC(=O)[C@H](CC(N)=O)NC(=O)[C@H](CCC(N)=O)NC1=O. The van der Waals surface area contributed by atoms with Crippen molar-refractivity contribution in [2.24, 2.45) is 34.3 Å². The van der Waals surface area contributed by atoms with Crippen molar-refractivity contribution >= 4 is 86.6 Å². The zero-order valence-corrected chi connectivity index (χ0v) is 42.5. The van der Waals surface area contributed by atoms with E-state index in [-0.39, 0.29) is 24.3 Å². The van der Waals surface area contributed by atoms with Gasteiger partial charge in [0.1, 0.15) is 42.0 Å². The maximum Gasteiger partial charge on any atom is 0.246 e. The van der Waals surface area contributed by atoms with Gasteiger partial charge in [-0.25, -0.2) is 0 Å². The van der Waals surface area contributed by atoms with Gasteiger partial charge in [0.15, 0.2) is 0 Å². The number of phenols is 1. The van der Waals surface area contributed by atoms with E-state index in [2.05, 4.69) is 37.2 Å². The Morgan fingerprint density at radius 2 is 1.39 bits per heavy atom. The number of carbonyl (C=O) groups is 11. The summed E-state index contributed by atoms with van der Waals surface area (Å²) in [5, 5.41) is 47.5. The van der Waals surface area contributed by atoms with Crippen molar-refractivity contribution in [3.8, 4) is 5.75 Å². The van der Waals surface area contributed by atoms with Gasteiger partial charge in [-0.3, -0.25) is 52.7 Å². The highest BCUT2D eigenvalue weighted by Gasteiger charge is 2.37. The van der Waals surface area contributed by atoms with Gasteiger partial charge < -0.3 is 80.4 Å². The van der Waals surface area contributed by atoms with E-state index >= 15 is 0 Å². The van der Waals surface area contributed by atoms with Crippen LogP contribution in [0.1, 0.15) is 72.3 Å². The molecule has 0 radical (unpaired) electrons. The van der Waals surface area contributed by atoms with E-state index in [0.717, 1.165) is 26.5 Å². The van der Waals surface area contributed by atoms with Crippen LogP contribution in [-0.2, 0) is 59.2 Å². The molecule has 0 spiro atoms. The van der Waals surface area contributed by atoms with Crippen LogP contribution in [0.15, 0.2) is 24.3 Å². The lowest BCUT2D eigenvalue weighted by Crippen LogP contribution is -2.61. The van der Waals surface area contributed by atoms with Crippen LogP contribution in [0.4, 0.5) is 0 Å². The molecule has 1 heterocycles. The Morgan fingerprint density at radius 1 is 0.806 bits per heavy atom. The molecule has 0 aliphatic carbocycles. The number of nitrogens with one attached hydrogen (secondary N) is 7. The molecule has 402 valence electrons.